The minimum Gasteiger partial charge on any atom is -0.0629 e. The van der Waals surface area contributed by atoms with Crippen LogP contribution in [0.25, 0.3) is 0 Å². The van der Waals surface area contributed by atoms with Gasteiger partial charge >= 0.3 is 0 Å². The van der Waals surface area contributed by atoms with Gasteiger partial charge in [0, 0.05) is 0 Å². The van der Waals surface area contributed by atoms with Crippen molar-refractivity contribution < 1.29 is 0 Å². The third kappa shape index (κ3) is 1.53. The first-order valence-electron chi connectivity index (χ1n) is 5.58. The van der Waals surface area contributed by atoms with Gasteiger partial charge in [0.25, 0.3) is 0 Å². The van der Waals surface area contributed by atoms with Crippen molar-refractivity contribution in [2.45, 2.75) is 12.5 Å². The molecule has 1 heteroatoms. The third-order valence-corrected chi connectivity index (χ3v) is 6.70. The van der Waals surface area contributed by atoms with Crippen LogP contribution in [0, 0.1) is 0 Å². The largest absolute Gasteiger partial charge is 0.103 e. The third-order valence-electron chi connectivity index (χ3n) is 3.33. The Hall–Kier alpha value is -1.34. The van der Waals surface area contributed by atoms with Gasteiger partial charge in [0.05, 0.1) is 0 Å². The van der Waals surface area contributed by atoms with Crippen LogP contribution in [0.15, 0.2) is 54.6 Å². The minimum atomic E-state index is -0.837. The molecular weight excluding hydrogens is 196 g/mol. The SMILES string of the molecule is c1ccc([SiH]2CCc3ccccc32)cc1. The van der Waals surface area contributed by atoms with Crippen molar-refractivity contribution >= 4 is 19.2 Å². The molecule has 2 aromatic carbocycles. The Morgan fingerprint density at radius 3 is 2.40 bits per heavy atom. The number of aryl methyl sites for hydroxylation is 1. The molecule has 0 aliphatic carbocycles. The first-order chi connectivity index (χ1) is 7.45. The lowest BCUT2D eigenvalue weighted by molar-refractivity contribution is 1.17. The summed E-state index contributed by atoms with van der Waals surface area (Å²) in [5.41, 5.74) is 1.60. The van der Waals surface area contributed by atoms with E-state index in [0.717, 1.165) is 0 Å². The summed E-state index contributed by atoms with van der Waals surface area (Å²) in [5, 5.41) is 3.27. The van der Waals surface area contributed by atoms with Crippen LogP contribution in [0.3, 0.4) is 0 Å². The van der Waals surface area contributed by atoms with Crippen LogP contribution in [-0.4, -0.2) is 8.80 Å². The highest BCUT2D eigenvalue weighted by Gasteiger charge is 2.24. The molecule has 0 nitrogen and oxygen atoms in total. The molecule has 1 unspecified atom stereocenters. The Kier molecular flexibility index (Phi) is 2.18. The number of rotatable bonds is 1. The number of hydrogen-bond acceptors (Lipinski definition) is 0. The fraction of sp³-hybridized carbons (Fsp3) is 0.143. The standard InChI is InChI=1S/C14H14Si/c1-2-7-13(8-3-1)15-11-10-12-6-4-5-9-14(12)15/h1-9,15H,10-11H2. The lowest BCUT2D eigenvalue weighted by Gasteiger charge is -2.09. The van der Waals surface area contributed by atoms with E-state index in [1.807, 2.05) is 0 Å². The van der Waals surface area contributed by atoms with E-state index < -0.39 is 8.80 Å². The molecule has 74 valence electrons. The second-order valence-corrected chi connectivity index (χ2v) is 7.17. The Morgan fingerprint density at radius 2 is 1.53 bits per heavy atom. The molecule has 2 aromatic rings. The van der Waals surface area contributed by atoms with Gasteiger partial charge < -0.3 is 0 Å². The van der Waals surface area contributed by atoms with Gasteiger partial charge in [-0.15, -0.1) is 0 Å². The quantitative estimate of drug-likeness (QED) is 0.627. The monoisotopic (exact) mass is 210 g/mol. The van der Waals surface area contributed by atoms with Gasteiger partial charge in [-0.2, -0.15) is 0 Å². The van der Waals surface area contributed by atoms with Gasteiger partial charge in [0.2, 0.25) is 0 Å². The van der Waals surface area contributed by atoms with Crippen LogP contribution in [0.2, 0.25) is 6.04 Å². The van der Waals surface area contributed by atoms with Gasteiger partial charge in [-0.3, -0.25) is 0 Å². The summed E-state index contributed by atoms with van der Waals surface area (Å²) in [5.74, 6) is 0. The van der Waals surface area contributed by atoms with E-state index in [9.17, 15) is 0 Å². The zero-order valence-electron chi connectivity index (χ0n) is 8.69. The van der Waals surface area contributed by atoms with Crippen molar-refractivity contribution in [2.75, 3.05) is 0 Å². The van der Waals surface area contributed by atoms with E-state index in [4.69, 9.17) is 0 Å². The molecule has 1 aliphatic heterocycles. The normalized spacial score (nSPS) is 18.8. The first-order valence-corrected chi connectivity index (χ1v) is 7.55. The molecule has 1 heterocycles. The van der Waals surface area contributed by atoms with E-state index in [1.54, 1.807) is 15.9 Å². The van der Waals surface area contributed by atoms with Gasteiger partial charge in [-0.05, 0) is 18.0 Å². The summed E-state index contributed by atoms with van der Waals surface area (Å²) in [6.07, 6.45) is 1.29. The number of fused-ring (bicyclic) bond motifs is 1. The Labute approximate surface area is 92.2 Å². The molecule has 1 aliphatic rings. The molecule has 0 spiro atoms. The molecule has 3 rings (SSSR count). The summed E-state index contributed by atoms with van der Waals surface area (Å²) in [7, 11) is -0.837. The predicted molar refractivity (Wildman–Crippen MR) is 67.8 cm³/mol. The van der Waals surface area contributed by atoms with Crippen molar-refractivity contribution in [1.29, 1.82) is 0 Å². The highest BCUT2D eigenvalue weighted by molar-refractivity contribution is 6.86. The Morgan fingerprint density at radius 1 is 0.800 bits per heavy atom. The van der Waals surface area contributed by atoms with E-state index in [-0.39, 0.29) is 0 Å². The predicted octanol–water partition coefficient (Wildman–Crippen LogP) is 1.58. The van der Waals surface area contributed by atoms with E-state index in [1.165, 1.54) is 12.5 Å². The molecule has 0 aromatic heterocycles. The van der Waals surface area contributed by atoms with Crippen LogP contribution in [0.1, 0.15) is 5.56 Å². The smallest absolute Gasteiger partial charge is 0.0629 e. The molecule has 1 atom stereocenters. The highest BCUT2D eigenvalue weighted by Crippen LogP contribution is 2.13. The van der Waals surface area contributed by atoms with Crippen LogP contribution < -0.4 is 10.4 Å². The Balaban J connectivity index is 2.05. The average molecular weight is 210 g/mol. The van der Waals surface area contributed by atoms with Crippen LogP contribution in [0.4, 0.5) is 0 Å². The molecule has 15 heavy (non-hydrogen) atoms. The topological polar surface area (TPSA) is 0 Å². The zero-order chi connectivity index (χ0) is 10.1. The average Bonchev–Trinajstić information content (AvgIpc) is 2.74. The molecule has 0 saturated heterocycles. The fourth-order valence-electron chi connectivity index (χ4n) is 2.59. The molecule has 0 fully saturated rings. The van der Waals surface area contributed by atoms with E-state index in [0.29, 0.717) is 0 Å². The maximum atomic E-state index is 2.34. The summed E-state index contributed by atoms with van der Waals surface area (Å²) in [6.45, 7) is 0. The molecular formula is C14H14Si. The van der Waals surface area contributed by atoms with Crippen molar-refractivity contribution in [2.24, 2.45) is 0 Å². The lowest BCUT2D eigenvalue weighted by atomic mass is 10.2. The Bertz CT molecular complexity index is 462. The maximum Gasteiger partial charge on any atom is 0.103 e. The molecule has 0 N–H and O–H groups in total. The first kappa shape index (κ1) is 8.92. The zero-order valence-corrected chi connectivity index (χ0v) is 9.84. The number of benzene rings is 2. The molecule has 0 radical (unpaired) electrons. The molecule has 0 amide bonds. The van der Waals surface area contributed by atoms with Crippen molar-refractivity contribution in [3.8, 4) is 0 Å². The molecule has 0 bridgehead atoms. The van der Waals surface area contributed by atoms with Crippen molar-refractivity contribution in [3.05, 3.63) is 60.2 Å². The van der Waals surface area contributed by atoms with Gasteiger partial charge in [0.15, 0.2) is 0 Å². The van der Waals surface area contributed by atoms with Gasteiger partial charge in [-0.1, -0.05) is 65.0 Å². The van der Waals surface area contributed by atoms with Crippen LogP contribution >= 0.6 is 0 Å². The second-order valence-electron chi connectivity index (χ2n) is 4.20. The van der Waals surface area contributed by atoms with E-state index >= 15 is 0 Å². The fourth-order valence-corrected chi connectivity index (χ4v) is 5.91. The summed E-state index contributed by atoms with van der Waals surface area (Å²) in [6, 6.07) is 21.5. The summed E-state index contributed by atoms with van der Waals surface area (Å²) >= 11 is 0. The van der Waals surface area contributed by atoms with Crippen molar-refractivity contribution in [3.63, 3.8) is 0 Å². The maximum absolute atomic E-state index is 2.34. The highest BCUT2D eigenvalue weighted by atomic mass is 28.3. The lowest BCUT2D eigenvalue weighted by Crippen LogP contribution is -2.38. The minimum absolute atomic E-state index is 0.837. The van der Waals surface area contributed by atoms with E-state index in [2.05, 4.69) is 54.6 Å². The molecule has 0 saturated carbocycles. The van der Waals surface area contributed by atoms with Gasteiger partial charge in [-0.25, -0.2) is 0 Å². The summed E-state index contributed by atoms with van der Waals surface area (Å²) < 4.78 is 0. The van der Waals surface area contributed by atoms with Crippen LogP contribution in [0.5, 0.6) is 0 Å². The summed E-state index contributed by atoms with van der Waals surface area (Å²) in [4.78, 5) is 0. The second kappa shape index (κ2) is 3.67. The van der Waals surface area contributed by atoms with Crippen molar-refractivity contribution in [1.82, 2.24) is 0 Å². The number of hydrogen-bond donors (Lipinski definition) is 0. The van der Waals surface area contributed by atoms with Crippen LogP contribution in [-0.2, 0) is 6.42 Å². The van der Waals surface area contributed by atoms with Gasteiger partial charge in [0.1, 0.15) is 8.80 Å².